The molecule has 0 fully saturated rings. The topological polar surface area (TPSA) is 70.2 Å². The van der Waals surface area contributed by atoms with Crippen LogP contribution in [-0.4, -0.2) is 23.9 Å². The number of anilines is 1. The molecule has 32 heavy (non-hydrogen) atoms. The maximum atomic E-state index is 13.2. The molecule has 5 heteroatoms. The summed E-state index contributed by atoms with van der Waals surface area (Å²) in [5.74, 6) is -0.374. The Morgan fingerprint density at radius 1 is 0.969 bits per heavy atom. The lowest BCUT2D eigenvalue weighted by Gasteiger charge is -2.27. The summed E-state index contributed by atoms with van der Waals surface area (Å²) in [4.78, 5) is 26.3. The van der Waals surface area contributed by atoms with Crippen LogP contribution in [0, 0.1) is 13.8 Å². The Hall–Kier alpha value is -3.44. The zero-order chi connectivity index (χ0) is 22.5. The fourth-order valence-electron chi connectivity index (χ4n) is 4.14. The lowest BCUT2D eigenvalue weighted by atomic mass is 9.95. The van der Waals surface area contributed by atoms with Crippen LogP contribution in [0.15, 0.2) is 72.8 Å². The van der Waals surface area contributed by atoms with Crippen molar-refractivity contribution < 1.29 is 9.59 Å². The second kappa shape index (κ2) is 9.79. The summed E-state index contributed by atoms with van der Waals surface area (Å²) in [7, 11) is 0. The molecule has 0 aromatic heterocycles. The smallest absolute Gasteiger partial charge is 0.247 e. The summed E-state index contributed by atoms with van der Waals surface area (Å²) in [6.45, 7) is 4.63. The molecule has 0 bridgehead atoms. The molecule has 0 radical (unpaired) electrons. The highest BCUT2D eigenvalue weighted by atomic mass is 16.2. The molecule has 0 aliphatic carbocycles. The summed E-state index contributed by atoms with van der Waals surface area (Å²) in [5.41, 5.74) is 6.27. The normalized spacial score (nSPS) is 16.0. The van der Waals surface area contributed by atoms with Crippen molar-refractivity contribution in [3.8, 4) is 0 Å². The monoisotopic (exact) mass is 427 g/mol. The first-order valence-corrected chi connectivity index (χ1v) is 11.0. The number of hydrogen-bond acceptors (Lipinski definition) is 3. The fourth-order valence-corrected chi connectivity index (χ4v) is 4.14. The molecule has 0 saturated heterocycles. The molecule has 3 aromatic carbocycles. The Bertz CT molecular complexity index is 1110. The third kappa shape index (κ3) is 5.24. The number of aryl methyl sites for hydroxylation is 2. The van der Waals surface area contributed by atoms with Crippen LogP contribution in [0.3, 0.4) is 0 Å². The molecule has 3 aromatic rings. The maximum absolute atomic E-state index is 13.2. The van der Waals surface area contributed by atoms with Gasteiger partial charge in [0.1, 0.15) is 6.04 Å². The third-order valence-electron chi connectivity index (χ3n) is 5.95. The Balaban J connectivity index is 1.50. The maximum Gasteiger partial charge on any atom is 0.247 e. The van der Waals surface area contributed by atoms with Gasteiger partial charge in [0.25, 0.3) is 0 Å². The summed E-state index contributed by atoms with van der Waals surface area (Å²) in [6, 6.07) is 22.8. The summed E-state index contributed by atoms with van der Waals surface area (Å²) < 4.78 is 0. The van der Waals surface area contributed by atoms with E-state index in [1.54, 1.807) is 0 Å². The van der Waals surface area contributed by atoms with Crippen molar-refractivity contribution in [2.45, 2.75) is 45.3 Å². The van der Waals surface area contributed by atoms with Crippen molar-refractivity contribution in [1.29, 1.82) is 0 Å². The first-order valence-electron chi connectivity index (χ1n) is 11.0. The molecule has 1 aliphatic heterocycles. The molecule has 0 saturated carbocycles. The van der Waals surface area contributed by atoms with Crippen molar-refractivity contribution in [3.63, 3.8) is 0 Å². The molecule has 0 spiro atoms. The van der Waals surface area contributed by atoms with Gasteiger partial charge in [0.15, 0.2) is 0 Å². The molecule has 4 rings (SSSR count). The number of fused-ring (bicyclic) bond motifs is 1. The van der Waals surface area contributed by atoms with E-state index >= 15 is 0 Å². The van der Waals surface area contributed by atoms with Crippen molar-refractivity contribution in [2.24, 2.45) is 0 Å². The van der Waals surface area contributed by atoms with Crippen LogP contribution >= 0.6 is 0 Å². The molecular formula is C27H29N3O2. The van der Waals surface area contributed by atoms with E-state index in [1.807, 2.05) is 74.5 Å². The van der Waals surface area contributed by atoms with Gasteiger partial charge >= 0.3 is 0 Å². The number of hydrogen-bond donors (Lipinski definition) is 3. The number of carbonyl (C=O) groups is 2. The molecule has 3 N–H and O–H groups in total. The van der Waals surface area contributed by atoms with Crippen LogP contribution in [0.2, 0.25) is 0 Å². The molecule has 1 aliphatic rings. The highest BCUT2D eigenvalue weighted by molar-refractivity contribution is 5.98. The van der Waals surface area contributed by atoms with E-state index in [0.29, 0.717) is 19.4 Å². The quantitative estimate of drug-likeness (QED) is 0.562. The van der Waals surface area contributed by atoms with Crippen molar-refractivity contribution in [3.05, 3.63) is 101 Å². The first kappa shape index (κ1) is 21.8. The fraction of sp³-hybridized carbons (Fsp3) is 0.259. The molecule has 164 valence electrons. The minimum atomic E-state index is -0.676. The van der Waals surface area contributed by atoms with Crippen LogP contribution in [0.1, 0.15) is 27.8 Å². The largest absolute Gasteiger partial charge is 0.343 e. The van der Waals surface area contributed by atoms with Gasteiger partial charge in [-0.1, -0.05) is 72.3 Å². The van der Waals surface area contributed by atoms with Crippen molar-refractivity contribution in [1.82, 2.24) is 10.6 Å². The third-order valence-corrected chi connectivity index (χ3v) is 5.95. The molecular weight excluding hydrogens is 398 g/mol. The highest BCUT2D eigenvalue weighted by Crippen LogP contribution is 2.18. The van der Waals surface area contributed by atoms with Gasteiger partial charge in [0, 0.05) is 18.7 Å². The Kier molecular flexibility index (Phi) is 6.66. The summed E-state index contributed by atoms with van der Waals surface area (Å²) in [6.07, 6.45) is 1.03. The molecule has 1 heterocycles. The second-order valence-corrected chi connectivity index (χ2v) is 8.46. The minimum Gasteiger partial charge on any atom is -0.343 e. The predicted molar refractivity (Wildman–Crippen MR) is 127 cm³/mol. The van der Waals surface area contributed by atoms with Crippen molar-refractivity contribution >= 4 is 17.5 Å². The zero-order valence-corrected chi connectivity index (χ0v) is 18.5. The number of amides is 2. The van der Waals surface area contributed by atoms with Gasteiger partial charge in [-0.3, -0.25) is 9.59 Å². The lowest BCUT2D eigenvalue weighted by Crippen LogP contribution is -2.53. The van der Waals surface area contributed by atoms with E-state index in [2.05, 4.69) is 28.1 Å². The predicted octanol–water partition coefficient (Wildman–Crippen LogP) is 3.68. The lowest BCUT2D eigenvalue weighted by molar-refractivity contribution is -0.128. The van der Waals surface area contributed by atoms with Gasteiger partial charge in [-0.15, -0.1) is 0 Å². The van der Waals surface area contributed by atoms with Gasteiger partial charge in [-0.25, -0.2) is 0 Å². The van der Waals surface area contributed by atoms with Crippen LogP contribution in [0.4, 0.5) is 5.69 Å². The van der Waals surface area contributed by atoms with Gasteiger partial charge in [0.05, 0.1) is 6.04 Å². The standard InChI is InChI=1S/C27H29N3O2/c1-18-12-13-23(19(2)14-18)29-27(32)25(15-20-8-4-3-5-9-20)30-26(31)24-16-21-10-6-7-11-22(21)17-28-24/h3-14,24-25,28H,15-17H2,1-2H3,(H,29,32)(H,30,31)/t24-,25+/m1/s1. The number of nitrogens with one attached hydrogen (secondary N) is 3. The molecule has 2 amide bonds. The highest BCUT2D eigenvalue weighted by Gasteiger charge is 2.28. The van der Waals surface area contributed by atoms with E-state index in [9.17, 15) is 9.59 Å². The average molecular weight is 428 g/mol. The van der Waals surface area contributed by atoms with E-state index < -0.39 is 6.04 Å². The van der Waals surface area contributed by atoms with E-state index in [4.69, 9.17) is 0 Å². The minimum absolute atomic E-state index is 0.156. The van der Waals surface area contributed by atoms with Gasteiger partial charge in [-0.2, -0.15) is 0 Å². The summed E-state index contributed by atoms with van der Waals surface area (Å²) >= 11 is 0. The number of benzene rings is 3. The van der Waals surface area contributed by atoms with E-state index in [0.717, 1.165) is 22.4 Å². The Morgan fingerprint density at radius 3 is 2.44 bits per heavy atom. The second-order valence-electron chi connectivity index (χ2n) is 8.46. The summed E-state index contributed by atoms with van der Waals surface area (Å²) in [5, 5.41) is 9.32. The molecule has 5 nitrogen and oxygen atoms in total. The van der Waals surface area contributed by atoms with Crippen molar-refractivity contribution in [2.75, 3.05) is 5.32 Å². The molecule has 2 atom stereocenters. The van der Waals surface area contributed by atoms with Gasteiger partial charge < -0.3 is 16.0 Å². The van der Waals surface area contributed by atoms with Crippen LogP contribution in [0.25, 0.3) is 0 Å². The average Bonchev–Trinajstić information content (AvgIpc) is 2.80. The Morgan fingerprint density at radius 2 is 1.69 bits per heavy atom. The molecule has 0 unspecified atom stereocenters. The number of rotatable bonds is 6. The SMILES string of the molecule is Cc1ccc(NC(=O)[C@H](Cc2ccccc2)NC(=O)[C@H]2Cc3ccccc3CN2)c(C)c1. The van der Waals surface area contributed by atoms with Crippen LogP contribution < -0.4 is 16.0 Å². The number of carbonyl (C=O) groups excluding carboxylic acids is 2. The van der Waals surface area contributed by atoms with Crippen LogP contribution in [-0.2, 0) is 29.0 Å². The van der Waals surface area contributed by atoms with E-state index in [-0.39, 0.29) is 17.9 Å². The first-order chi connectivity index (χ1) is 15.5. The van der Waals surface area contributed by atoms with Gasteiger partial charge in [-0.05, 0) is 48.6 Å². The Labute approximate surface area is 189 Å². The van der Waals surface area contributed by atoms with E-state index in [1.165, 1.54) is 11.1 Å². The van der Waals surface area contributed by atoms with Crippen LogP contribution in [0.5, 0.6) is 0 Å². The zero-order valence-electron chi connectivity index (χ0n) is 18.5. The van der Waals surface area contributed by atoms with Gasteiger partial charge in [0.2, 0.25) is 11.8 Å².